The smallest absolute Gasteiger partial charge is 0.339 e. The van der Waals surface area contributed by atoms with Gasteiger partial charge in [-0.3, -0.25) is 4.79 Å². The molecule has 23 heavy (non-hydrogen) atoms. The number of hydrogen-bond donors (Lipinski definition) is 1. The van der Waals surface area contributed by atoms with Gasteiger partial charge in [0.2, 0.25) is 10.0 Å². The molecule has 0 fully saturated rings. The van der Waals surface area contributed by atoms with Crippen molar-refractivity contribution in [3.63, 3.8) is 0 Å². The van der Waals surface area contributed by atoms with Crippen molar-refractivity contribution in [2.75, 3.05) is 0 Å². The van der Waals surface area contributed by atoms with Crippen LogP contribution in [0.25, 0.3) is 0 Å². The normalized spacial score (nSPS) is 13.2. The standard InChI is InChI=1S/C14H22N2O5S2/c1-8(2)16(9(3)4)13(17)10(5)21-14(18)11-6-12(22-7-11)23(15,19)20/h6-10H,1-5H3,(H2,15,19,20)/t10-/m0/s1. The summed E-state index contributed by atoms with van der Waals surface area (Å²) in [6.07, 6.45) is -0.967. The molecule has 1 aromatic rings. The summed E-state index contributed by atoms with van der Waals surface area (Å²) < 4.78 is 27.4. The van der Waals surface area contributed by atoms with Crippen LogP contribution in [0.5, 0.6) is 0 Å². The summed E-state index contributed by atoms with van der Waals surface area (Å²) in [5.41, 5.74) is 0.0549. The summed E-state index contributed by atoms with van der Waals surface area (Å²) in [7, 11) is -3.86. The molecule has 0 aliphatic heterocycles. The second-order valence-corrected chi connectivity index (χ2v) is 8.38. The molecule has 1 amide bonds. The lowest BCUT2D eigenvalue weighted by Crippen LogP contribution is -2.47. The summed E-state index contributed by atoms with van der Waals surface area (Å²) in [6, 6.07) is 1.08. The molecule has 0 spiro atoms. The van der Waals surface area contributed by atoms with Gasteiger partial charge in [0.1, 0.15) is 4.21 Å². The Morgan fingerprint density at radius 2 is 1.70 bits per heavy atom. The Balaban J connectivity index is 2.84. The molecule has 1 rings (SSSR count). The van der Waals surface area contributed by atoms with Gasteiger partial charge in [0.05, 0.1) is 5.56 Å². The molecule has 2 N–H and O–H groups in total. The van der Waals surface area contributed by atoms with Crippen molar-refractivity contribution in [3.05, 3.63) is 17.0 Å². The van der Waals surface area contributed by atoms with Gasteiger partial charge < -0.3 is 9.64 Å². The van der Waals surface area contributed by atoms with Crippen LogP contribution in [0.4, 0.5) is 0 Å². The van der Waals surface area contributed by atoms with Gasteiger partial charge in [0, 0.05) is 17.5 Å². The molecule has 9 heteroatoms. The van der Waals surface area contributed by atoms with Gasteiger partial charge in [0.15, 0.2) is 6.10 Å². The number of carbonyl (C=O) groups excluding carboxylic acids is 2. The highest BCUT2D eigenvalue weighted by Crippen LogP contribution is 2.20. The SMILES string of the molecule is CC(C)N(C(=O)[C@H](C)OC(=O)c1csc(S(N)(=O)=O)c1)C(C)C. The quantitative estimate of drug-likeness (QED) is 0.773. The van der Waals surface area contributed by atoms with E-state index >= 15 is 0 Å². The number of nitrogens with zero attached hydrogens (tertiary/aromatic N) is 1. The first-order valence-electron chi connectivity index (χ1n) is 7.09. The monoisotopic (exact) mass is 362 g/mol. The number of nitrogens with two attached hydrogens (primary N) is 1. The van der Waals surface area contributed by atoms with Crippen LogP contribution in [0.2, 0.25) is 0 Å². The molecule has 0 saturated heterocycles. The minimum absolute atomic E-state index is 0.0289. The fourth-order valence-corrected chi connectivity index (χ4v) is 3.74. The van der Waals surface area contributed by atoms with Gasteiger partial charge in [-0.1, -0.05) is 0 Å². The minimum Gasteiger partial charge on any atom is -0.449 e. The lowest BCUT2D eigenvalue weighted by molar-refractivity contribution is -0.143. The Labute approximate surface area is 140 Å². The van der Waals surface area contributed by atoms with Crippen LogP contribution in [0.3, 0.4) is 0 Å². The molecule has 0 unspecified atom stereocenters. The van der Waals surface area contributed by atoms with Crippen molar-refractivity contribution in [3.8, 4) is 0 Å². The van der Waals surface area contributed by atoms with Crippen LogP contribution < -0.4 is 5.14 Å². The highest BCUT2D eigenvalue weighted by molar-refractivity contribution is 7.91. The number of ether oxygens (including phenoxy) is 1. The maximum Gasteiger partial charge on any atom is 0.339 e. The van der Waals surface area contributed by atoms with E-state index in [1.807, 2.05) is 27.7 Å². The molecule has 1 atom stereocenters. The van der Waals surface area contributed by atoms with E-state index in [2.05, 4.69) is 0 Å². The Morgan fingerprint density at radius 3 is 2.09 bits per heavy atom. The molecule has 7 nitrogen and oxygen atoms in total. The number of rotatable bonds is 6. The van der Waals surface area contributed by atoms with Gasteiger partial charge in [-0.25, -0.2) is 18.4 Å². The van der Waals surface area contributed by atoms with E-state index in [1.54, 1.807) is 4.90 Å². The Hall–Kier alpha value is -1.45. The largest absolute Gasteiger partial charge is 0.449 e. The summed E-state index contributed by atoms with van der Waals surface area (Å²) in [5, 5.41) is 6.33. The highest BCUT2D eigenvalue weighted by atomic mass is 32.2. The Kier molecular flexibility index (Phi) is 6.32. The molecule has 0 aromatic carbocycles. The molecule has 0 aliphatic rings. The number of sulfonamides is 1. The topological polar surface area (TPSA) is 107 Å². The van der Waals surface area contributed by atoms with E-state index in [0.29, 0.717) is 0 Å². The van der Waals surface area contributed by atoms with Crippen LogP contribution in [-0.4, -0.2) is 43.4 Å². The third kappa shape index (κ3) is 5.02. The van der Waals surface area contributed by atoms with Gasteiger partial charge in [-0.05, 0) is 40.7 Å². The molecule has 0 bridgehead atoms. The van der Waals surface area contributed by atoms with Gasteiger partial charge >= 0.3 is 5.97 Å². The second kappa shape index (κ2) is 7.41. The number of amides is 1. The first kappa shape index (κ1) is 19.6. The number of esters is 1. The average Bonchev–Trinajstić information content (AvgIpc) is 2.86. The fourth-order valence-electron chi connectivity index (χ4n) is 2.17. The van der Waals surface area contributed by atoms with Crippen LogP contribution in [-0.2, 0) is 19.6 Å². The number of carbonyl (C=O) groups is 2. The molecule has 1 heterocycles. The number of thiophene rings is 1. The zero-order valence-corrected chi connectivity index (χ0v) is 15.4. The van der Waals surface area contributed by atoms with E-state index in [4.69, 9.17) is 9.88 Å². The first-order valence-corrected chi connectivity index (χ1v) is 9.52. The lowest BCUT2D eigenvalue weighted by Gasteiger charge is -2.32. The van der Waals surface area contributed by atoms with Crippen LogP contribution in [0, 0.1) is 0 Å². The molecule has 0 aliphatic carbocycles. The van der Waals surface area contributed by atoms with E-state index < -0.39 is 22.1 Å². The van der Waals surface area contributed by atoms with Crippen molar-refractivity contribution in [2.24, 2.45) is 5.14 Å². The van der Waals surface area contributed by atoms with Gasteiger partial charge in [-0.2, -0.15) is 0 Å². The molecular weight excluding hydrogens is 340 g/mol. The third-order valence-electron chi connectivity index (χ3n) is 3.09. The lowest BCUT2D eigenvalue weighted by atomic mass is 10.2. The first-order chi connectivity index (χ1) is 10.4. The van der Waals surface area contributed by atoms with Crippen molar-refractivity contribution in [2.45, 2.75) is 57.0 Å². The predicted molar refractivity (Wildman–Crippen MR) is 87.7 cm³/mol. The van der Waals surface area contributed by atoms with Crippen molar-refractivity contribution >= 4 is 33.2 Å². The van der Waals surface area contributed by atoms with E-state index in [1.165, 1.54) is 12.3 Å². The summed E-state index contributed by atoms with van der Waals surface area (Å²) in [6.45, 7) is 9.01. The molecule has 130 valence electrons. The zero-order valence-electron chi connectivity index (χ0n) is 13.8. The minimum atomic E-state index is -3.86. The van der Waals surface area contributed by atoms with Gasteiger partial charge in [0.25, 0.3) is 5.91 Å². The van der Waals surface area contributed by atoms with Gasteiger partial charge in [-0.15, -0.1) is 11.3 Å². The molecule has 1 aromatic heterocycles. The third-order valence-corrected chi connectivity index (χ3v) is 5.48. The van der Waals surface area contributed by atoms with Crippen LogP contribution in [0.15, 0.2) is 15.7 Å². The molecular formula is C14H22N2O5S2. The van der Waals surface area contributed by atoms with E-state index in [-0.39, 0.29) is 27.8 Å². The zero-order chi connectivity index (χ0) is 17.9. The van der Waals surface area contributed by atoms with Crippen molar-refractivity contribution in [1.29, 1.82) is 0 Å². The maximum atomic E-state index is 12.4. The predicted octanol–water partition coefficient (Wildman–Crippen LogP) is 1.59. The summed E-state index contributed by atoms with van der Waals surface area (Å²) in [4.78, 5) is 26.1. The average molecular weight is 362 g/mol. The highest BCUT2D eigenvalue weighted by Gasteiger charge is 2.28. The van der Waals surface area contributed by atoms with E-state index in [9.17, 15) is 18.0 Å². The maximum absolute atomic E-state index is 12.4. The summed E-state index contributed by atoms with van der Waals surface area (Å²) in [5.74, 6) is -1.06. The number of hydrogen-bond acceptors (Lipinski definition) is 6. The van der Waals surface area contributed by atoms with E-state index in [0.717, 1.165) is 17.4 Å². The number of primary sulfonamides is 1. The van der Waals surface area contributed by atoms with Crippen molar-refractivity contribution < 1.29 is 22.7 Å². The van der Waals surface area contributed by atoms with Crippen LogP contribution >= 0.6 is 11.3 Å². The molecule has 0 radical (unpaired) electrons. The summed E-state index contributed by atoms with van der Waals surface area (Å²) >= 11 is 0.827. The fraction of sp³-hybridized carbons (Fsp3) is 0.571. The van der Waals surface area contributed by atoms with Crippen molar-refractivity contribution in [1.82, 2.24) is 4.90 Å². The Bertz CT molecular complexity index is 671. The Morgan fingerprint density at radius 1 is 1.17 bits per heavy atom. The van der Waals surface area contributed by atoms with Crippen LogP contribution in [0.1, 0.15) is 45.0 Å². The second-order valence-electron chi connectivity index (χ2n) is 5.68. The molecule has 0 saturated carbocycles.